The first-order chi connectivity index (χ1) is 13.9. The summed E-state index contributed by atoms with van der Waals surface area (Å²) in [7, 11) is 1.34. The SMILES string of the molecule is CCOc1cc([N+](=O)[O-])c(C(=O)OCC(=O)Nc2ccccc2CC)cc1OC. The van der Waals surface area contributed by atoms with Gasteiger partial charge in [-0.25, -0.2) is 4.79 Å². The van der Waals surface area contributed by atoms with Crippen molar-refractivity contribution in [3.05, 3.63) is 57.6 Å². The zero-order valence-electron chi connectivity index (χ0n) is 16.4. The second-order valence-electron chi connectivity index (χ2n) is 5.85. The smallest absolute Gasteiger partial charge is 0.345 e. The summed E-state index contributed by atoms with van der Waals surface area (Å²) in [6.07, 6.45) is 0.717. The predicted octanol–water partition coefficient (Wildman–Crippen LogP) is 3.36. The van der Waals surface area contributed by atoms with Crippen molar-refractivity contribution in [3.63, 3.8) is 0 Å². The number of hydrogen-bond donors (Lipinski definition) is 1. The van der Waals surface area contributed by atoms with Gasteiger partial charge in [-0.15, -0.1) is 0 Å². The van der Waals surface area contributed by atoms with Crippen molar-refractivity contribution in [2.75, 3.05) is 25.6 Å². The molecule has 0 aliphatic carbocycles. The minimum Gasteiger partial charge on any atom is -0.493 e. The molecule has 0 aliphatic heterocycles. The van der Waals surface area contributed by atoms with Crippen molar-refractivity contribution >= 4 is 23.3 Å². The van der Waals surface area contributed by atoms with Gasteiger partial charge in [0.1, 0.15) is 5.56 Å². The van der Waals surface area contributed by atoms with Gasteiger partial charge < -0.3 is 19.5 Å². The maximum atomic E-state index is 12.4. The number of carbonyl (C=O) groups excluding carboxylic acids is 2. The number of carbonyl (C=O) groups is 2. The first-order valence-corrected chi connectivity index (χ1v) is 8.95. The minimum absolute atomic E-state index is 0.132. The molecular formula is C20H22N2O7. The average molecular weight is 402 g/mol. The Labute approximate surface area is 167 Å². The fourth-order valence-electron chi connectivity index (χ4n) is 2.64. The molecule has 29 heavy (non-hydrogen) atoms. The zero-order valence-corrected chi connectivity index (χ0v) is 16.4. The van der Waals surface area contributed by atoms with Crippen LogP contribution in [0.25, 0.3) is 0 Å². The molecular weight excluding hydrogens is 380 g/mol. The van der Waals surface area contributed by atoms with Crippen LogP contribution in [0.15, 0.2) is 36.4 Å². The number of hydrogen-bond acceptors (Lipinski definition) is 7. The van der Waals surface area contributed by atoms with Crippen LogP contribution in [0.3, 0.4) is 0 Å². The Morgan fingerprint density at radius 1 is 1.14 bits per heavy atom. The number of methoxy groups -OCH3 is 1. The van der Waals surface area contributed by atoms with Gasteiger partial charge in [0.25, 0.3) is 11.6 Å². The highest BCUT2D eigenvalue weighted by molar-refractivity contribution is 5.98. The molecule has 1 amide bonds. The lowest BCUT2D eigenvalue weighted by Crippen LogP contribution is -2.22. The molecule has 0 unspecified atom stereocenters. The Morgan fingerprint density at radius 2 is 1.86 bits per heavy atom. The highest BCUT2D eigenvalue weighted by Gasteiger charge is 2.26. The molecule has 0 aromatic heterocycles. The fourth-order valence-corrected chi connectivity index (χ4v) is 2.64. The number of nitro groups is 1. The van der Waals surface area contributed by atoms with Crippen molar-refractivity contribution in [1.82, 2.24) is 0 Å². The number of nitrogens with zero attached hydrogens (tertiary/aromatic N) is 1. The number of nitro benzene ring substituents is 1. The predicted molar refractivity (Wildman–Crippen MR) is 106 cm³/mol. The average Bonchev–Trinajstić information content (AvgIpc) is 2.72. The topological polar surface area (TPSA) is 117 Å². The number of nitrogens with one attached hydrogen (secondary N) is 1. The number of esters is 1. The minimum atomic E-state index is -1.02. The van der Waals surface area contributed by atoms with Gasteiger partial charge in [-0.1, -0.05) is 25.1 Å². The standard InChI is InChI=1S/C20H22N2O7/c1-4-13-8-6-7-9-15(13)21-19(23)12-29-20(24)14-10-17(27-3)18(28-5-2)11-16(14)22(25)26/h6-11H,4-5,12H2,1-3H3,(H,21,23). The summed E-state index contributed by atoms with van der Waals surface area (Å²) in [5, 5.41) is 14.0. The van der Waals surface area contributed by atoms with Crippen molar-refractivity contribution in [2.24, 2.45) is 0 Å². The molecule has 0 saturated carbocycles. The molecule has 9 heteroatoms. The van der Waals surface area contributed by atoms with Crippen LogP contribution >= 0.6 is 0 Å². The van der Waals surface area contributed by atoms with Crippen LogP contribution in [0.2, 0.25) is 0 Å². The summed E-state index contributed by atoms with van der Waals surface area (Å²) in [5.74, 6) is -1.30. The van der Waals surface area contributed by atoms with E-state index in [0.717, 1.165) is 17.7 Å². The third-order valence-electron chi connectivity index (χ3n) is 4.01. The van der Waals surface area contributed by atoms with Crippen molar-refractivity contribution < 1.29 is 28.7 Å². The number of para-hydroxylation sites is 1. The number of ether oxygens (including phenoxy) is 3. The van der Waals surface area contributed by atoms with E-state index in [1.54, 1.807) is 19.1 Å². The number of benzene rings is 2. The first-order valence-electron chi connectivity index (χ1n) is 8.95. The molecule has 2 aromatic rings. The molecule has 0 bridgehead atoms. The van der Waals surface area contributed by atoms with E-state index in [1.165, 1.54) is 7.11 Å². The molecule has 1 N–H and O–H groups in total. The van der Waals surface area contributed by atoms with Crippen LogP contribution < -0.4 is 14.8 Å². The Hall–Kier alpha value is -3.62. The summed E-state index contributed by atoms with van der Waals surface area (Å²) in [5.41, 5.74) is 0.705. The highest BCUT2D eigenvalue weighted by atomic mass is 16.6. The van der Waals surface area contributed by atoms with Crippen LogP contribution in [0, 0.1) is 10.1 Å². The van der Waals surface area contributed by atoms with Crippen molar-refractivity contribution in [3.8, 4) is 11.5 Å². The Balaban J connectivity index is 2.15. The molecule has 9 nitrogen and oxygen atoms in total. The Bertz CT molecular complexity index is 912. The van der Waals surface area contributed by atoms with Gasteiger partial charge in [0, 0.05) is 11.8 Å². The molecule has 0 saturated heterocycles. The second kappa shape index (κ2) is 10.1. The summed E-state index contributed by atoms with van der Waals surface area (Å²) >= 11 is 0. The summed E-state index contributed by atoms with van der Waals surface area (Å²) < 4.78 is 15.4. The monoisotopic (exact) mass is 402 g/mol. The van der Waals surface area contributed by atoms with E-state index in [-0.39, 0.29) is 23.7 Å². The van der Waals surface area contributed by atoms with E-state index in [4.69, 9.17) is 14.2 Å². The van der Waals surface area contributed by atoms with Gasteiger partial charge >= 0.3 is 5.97 Å². The summed E-state index contributed by atoms with van der Waals surface area (Å²) in [6.45, 7) is 3.33. The lowest BCUT2D eigenvalue weighted by Gasteiger charge is -2.12. The van der Waals surface area contributed by atoms with E-state index in [2.05, 4.69) is 5.32 Å². The molecule has 2 aromatic carbocycles. The maximum absolute atomic E-state index is 12.4. The molecule has 0 atom stereocenters. The normalized spacial score (nSPS) is 10.2. The Kier molecular flexibility index (Phi) is 7.53. The van der Waals surface area contributed by atoms with Gasteiger partial charge in [-0.3, -0.25) is 14.9 Å². The zero-order chi connectivity index (χ0) is 21.4. The van der Waals surface area contributed by atoms with Gasteiger partial charge in [-0.2, -0.15) is 0 Å². The van der Waals surface area contributed by atoms with Crippen LogP contribution in [0.1, 0.15) is 29.8 Å². The van der Waals surface area contributed by atoms with Crippen molar-refractivity contribution in [1.29, 1.82) is 0 Å². The Morgan fingerprint density at radius 3 is 2.48 bits per heavy atom. The number of amides is 1. The molecule has 0 fully saturated rings. The van der Waals surface area contributed by atoms with E-state index in [1.807, 2.05) is 19.1 Å². The summed E-state index contributed by atoms with van der Waals surface area (Å²) in [4.78, 5) is 35.1. The van der Waals surface area contributed by atoms with Crippen LogP contribution in [0.5, 0.6) is 11.5 Å². The van der Waals surface area contributed by atoms with E-state index < -0.39 is 29.1 Å². The third-order valence-corrected chi connectivity index (χ3v) is 4.01. The van der Waals surface area contributed by atoms with Gasteiger partial charge in [-0.05, 0) is 25.0 Å². The second-order valence-corrected chi connectivity index (χ2v) is 5.85. The van der Waals surface area contributed by atoms with Crippen LogP contribution in [-0.2, 0) is 16.0 Å². The molecule has 154 valence electrons. The largest absolute Gasteiger partial charge is 0.493 e. The quantitative estimate of drug-likeness (QED) is 0.388. The number of anilines is 1. The van der Waals surface area contributed by atoms with E-state index >= 15 is 0 Å². The number of rotatable bonds is 9. The van der Waals surface area contributed by atoms with Gasteiger partial charge in [0.15, 0.2) is 18.1 Å². The highest BCUT2D eigenvalue weighted by Crippen LogP contribution is 2.35. The molecule has 0 aliphatic rings. The van der Waals surface area contributed by atoms with Gasteiger partial charge in [0.2, 0.25) is 0 Å². The van der Waals surface area contributed by atoms with Gasteiger partial charge in [0.05, 0.1) is 24.7 Å². The molecule has 0 radical (unpaired) electrons. The maximum Gasteiger partial charge on any atom is 0.345 e. The van der Waals surface area contributed by atoms with E-state index in [0.29, 0.717) is 12.1 Å². The molecule has 2 rings (SSSR count). The number of aryl methyl sites for hydroxylation is 1. The lowest BCUT2D eigenvalue weighted by molar-refractivity contribution is -0.385. The fraction of sp³-hybridized carbons (Fsp3) is 0.300. The van der Waals surface area contributed by atoms with Crippen molar-refractivity contribution in [2.45, 2.75) is 20.3 Å². The first kappa shape index (κ1) is 21.7. The summed E-state index contributed by atoms with van der Waals surface area (Å²) in [6, 6.07) is 9.49. The lowest BCUT2D eigenvalue weighted by atomic mass is 10.1. The van der Waals surface area contributed by atoms with Crippen LogP contribution in [0.4, 0.5) is 11.4 Å². The third kappa shape index (κ3) is 5.44. The van der Waals surface area contributed by atoms with E-state index in [9.17, 15) is 19.7 Å². The van der Waals surface area contributed by atoms with Crippen LogP contribution in [-0.4, -0.2) is 37.1 Å². The molecule has 0 heterocycles. The molecule has 0 spiro atoms.